The lowest BCUT2D eigenvalue weighted by atomic mass is 10.1. The van der Waals surface area contributed by atoms with Crippen LogP contribution in [0.3, 0.4) is 0 Å². The standard InChI is InChI=1S/C20H24O6/c1-23-16-9-7-15(8-10-16)12-25-19-18(21)17(26-20(19)22)13-24-11-14-5-3-2-4-6-14/h2-10,17-22H,11-13H2,1H3. The molecule has 1 aliphatic heterocycles. The van der Waals surface area contributed by atoms with E-state index < -0.39 is 24.6 Å². The summed E-state index contributed by atoms with van der Waals surface area (Å²) in [5.41, 5.74) is 1.95. The Bertz CT molecular complexity index is 660. The van der Waals surface area contributed by atoms with Crippen molar-refractivity contribution >= 4 is 0 Å². The molecule has 0 aliphatic carbocycles. The molecule has 140 valence electrons. The van der Waals surface area contributed by atoms with E-state index in [1.54, 1.807) is 7.11 Å². The van der Waals surface area contributed by atoms with E-state index in [2.05, 4.69) is 0 Å². The summed E-state index contributed by atoms with van der Waals surface area (Å²) in [6, 6.07) is 17.1. The average molecular weight is 360 g/mol. The molecule has 6 heteroatoms. The molecule has 0 amide bonds. The highest BCUT2D eigenvalue weighted by Gasteiger charge is 2.43. The van der Waals surface area contributed by atoms with Crippen molar-refractivity contribution in [3.05, 3.63) is 65.7 Å². The van der Waals surface area contributed by atoms with Crippen molar-refractivity contribution in [1.82, 2.24) is 0 Å². The Kier molecular flexibility index (Phi) is 6.60. The first-order valence-electron chi connectivity index (χ1n) is 8.55. The Labute approximate surface area is 152 Å². The van der Waals surface area contributed by atoms with Crippen LogP contribution in [0.2, 0.25) is 0 Å². The molecule has 4 atom stereocenters. The maximum absolute atomic E-state index is 10.4. The van der Waals surface area contributed by atoms with Crippen LogP contribution in [-0.4, -0.2) is 48.5 Å². The molecule has 1 heterocycles. The molecule has 1 saturated heterocycles. The number of hydrogen-bond acceptors (Lipinski definition) is 6. The first-order valence-corrected chi connectivity index (χ1v) is 8.55. The van der Waals surface area contributed by atoms with Gasteiger partial charge >= 0.3 is 0 Å². The highest BCUT2D eigenvalue weighted by molar-refractivity contribution is 5.26. The highest BCUT2D eigenvalue weighted by Crippen LogP contribution is 2.24. The lowest BCUT2D eigenvalue weighted by Crippen LogP contribution is -2.36. The monoisotopic (exact) mass is 360 g/mol. The maximum atomic E-state index is 10.4. The van der Waals surface area contributed by atoms with Crippen LogP contribution >= 0.6 is 0 Å². The van der Waals surface area contributed by atoms with Crippen molar-refractivity contribution in [3.63, 3.8) is 0 Å². The van der Waals surface area contributed by atoms with Gasteiger partial charge in [-0.2, -0.15) is 0 Å². The predicted octanol–water partition coefficient (Wildman–Crippen LogP) is 1.88. The third-order valence-electron chi connectivity index (χ3n) is 4.31. The molecule has 2 aromatic rings. The van der Waals surface area contributed by atoms with Gasteiger partial charge in [-0.1, -0.05) is 42.5 Å². The summed E-state index contributed by atoms with van der Waals surface area (Å²) < 4.78 is 21.7. The summed E-state index contributed by atoms with van der Waals surface area (Å²) in [5.74, 6) is 0.758. The van der Waals surface area contributed by atoms with Gasteiger partial charge in [-0.15, -0.1) is 0 Å². The number of rotatable bonds is 8. The number of benzene rings is 2. The van der Waals surface area contributed by atoms with Crippen LogP contribution < -0.4 is 4.74 Å². The minimum absolute atomic E-state index is 0.176. The van der Waals surface area contributed by atoms with E-state index in [9.17, 15) is 10.2 Å². The molecule has 1 aliphatic rings. The first kappa shape index (κ1) is 18.8. The molecule has 6 nitrogen and oxygen atoms in total. The predicted molar refractivity (Wildman–Crippen MR) is 94.6 cm³/mol. The van der Waals surface area contributed by atoms with E-state index in [1.165, 1.54) is 0 Å². The Morgan fingerprint density at radius 3 is 2.31 bits per heavy atom. The molecule has 0 saturated carbocycles. The number of hydrogen-bond donors (Lipinski definition) is 2. The zero-order valence-electron chi connectivity index (χ0n) is 14.7. The van der Waals surface area contributed by atoms with E-state index in [1.807, 2.05) is 54.6 Å². The van der Waals surface area contributed by atoms with Crippen molar-refractivity contribution in [3.8, 4) is 5.75 Å². The van der Waals surface area contributed by atoms with Gasteiger partial charge in [0.2, 0.25) is 0 Å². The number of aliphatic hydroxyl groups is 2. The topological polar surface area (TPSA) is 77.4 Å². The molecule has 3 rings (SSSR count). The van der Waals surface area contributed by atoms with E-state index in [4.69, 9.17) is 18.9 Å². The zero-order chi connectivity index (χ0) is 18.4. The van der Waals surface area contributed by atoms with Crippen LogP contribution in [0, 0.1) is 0 Å². The molecule has 4 unspecified atom stereocenters. The van der Waals surface area contributed by atoms with Crippen molar-refractivity contribution in [2.45, 2.75) is 37.8 Å². The fourth-order valence-corrected chi connectivity index (χ4v) is 2.82. The smallest absolute Gasteiger partial charge is 0.184 e. The van der Waals surface area contributed by atoms with E-state index in [0.29, 0.717) is 6.61 Å². The molecule has 2 N–H and O–H groups in total. The van der Waals surface area contributed by atoms with Crippen LogP contribution in [0.1, 0.15) is 11.1 Å². The summed E-state index contributed by atoms with van der Waals surface area (Å²) in [6.45, 7) is 0.847. The second-order valence-electron chi connectivity index (χ2n) is 6.18. The summed E-state index contributed by atoms with van der Waals surface area (Å²) in [5, 5.41) is 20.4. The number of ether oxygens (including phenoxy) is 4. The molecule has 1 fully saturated rings. The summed E-state index contributed by atoms with van der Waals surface area (Å²) >= 11 is 0. The Morgan fingerprint density at radius 2 is 1.62 bits per heavy atom. The van der Waals surface area contributed by atoms with Gasteiger partial charge in [0.05, 0.1) is 26.9 Å². The second-order valence-corrected chi connectivity index (χ2v) is 6.18. The summed E-state index contributed by atoms with van der Waals surface area (Å²) in [7, 11) is 1.61. The van der Waals surface area contributed by atoms with E-state index in [-0.39, 0.29) is 13.2 Å². The van der Waals surface area contributed by atoms with E-state index in [0.717, 1.165) is 16.9 Å². The third kappa shape index (κ3) is 4.81. The lowest BCUT2D eigenvalue weighted by Gasteiger charge is -2.18. The summed E-state index contributed by atoms with van der Waals surface area (Å²) in [4.78, 5) is 0. The number of methoxy groups -OCH3 is 1. The minimum atomic E-state index is -1.19. The van der Waals surface area contributed by atoms with Gasteiger partial charge < -0.3 is 29.2 Å². The van der Waals surface area contributed by atoms with Crippen molar-refractivity contribution in [2.75, 3.05) is 13.7 Å². The zero-order valence-corrected chi connectivity index (χ0v) is 14.7. The Hall–Kier alpha value is -1.96. The molecule has 26 heavy (non-hydrogen) atoms. The van der Waals surface area contributed by atoms with Gasteiger partial charge in [-0.25, -0.2) is 0 Å². The van der Waals surface area contributed by atoms with Crippen molar-refractivity contribution in [1.29, 1.82) is 0 Å². The van der Waals surface area contributed by atoms with Crippen LogP contribution in [0.5, 0.6) is 5.75 Å². The average Bonchev–Trinajstić information content (AvgIpc) is 2.94. The van der Waals surface area contributed by atoms with Crippen LogP contribution in [0.4, 0.5) is 0 Å². The molecular weight excluding hydrogens is 336 g/mol. The second kappa shape index (κ2) is 9.12. The van der Waals surface area contributed by atoms with Crippen LogP contribution in [0.25, 0.3) is 0 Å². The van der Waals surface area contributed by atoms with Crippen LogP contribution in [-0.2, 0) is 27.4 Å². The van der Waals surface area contributed by atoms with E-state index >= 15 is 0 Å². The van der Waals surface area contributed by atoms with Gasteiger partial charge in [0.1, 0.15) is 24.1 Å². The Morgan fingerprint density at radius 1 is 0.923 bits per heavy atom. The summed E-state index contributed by atoms with van der Waals surface area (Å²) in [6.07, 6.45) is -3.59. The molecule has 0 bridgehead atoms. The molecule has 2 aromatic carbocycles. The van der Waals surface area contributed by atoms with Crippen molar-refractivity contribution in [2.24, 2.45) is 0 Å². The molecular formula is C20H24O6. The van der Waals surface area contributed by atoms with Gasteiger partial charge in [0.15, 0.2) is 6.29 Å². The molecule has 0 radical (unpaired) electrons. The van der Waals surface area contributed by atoms with Crippen LogP contribution in [0.15, 0.2) is 54.6 Å². The number of aliphatic hydroxyl groups excluding tert-OH is 2. The maximum Gasteiger partial charge on any atom is 0.184 e. The molecule has 0 aromatic heterocycles. The third-order valence-corrected chi connectivity index (χ3v) is 4.31. The quantitative estimate of drug-likeness (QED) is 0.748. The lowest BCUT2D eigenvalue weighted by molar-refractivity contribution is -0.152. The fourth-order valence-electron chi connectivity index (χ4n) is 2.82. The van der Waals surface area contributed by atoms with Gasteiger partial charge in [0, 0.05) is 0 Å². The highest BCUT2D eigenvalue weighted by atomic mass is 16.7. The normalized spacial score (nSPS) is 25.3. The largest absolute Gasteiger partial charge is 0.497 e. The fraction of sp³-hybridized carbons (Fsp3) is 0.400. The van der Waals surface area contributed by atoms with Gasteiger partial charge in [-0.05, 0) is 23.3 Å². The minimum Gasteiger partial charge on any atom is -0.497 e. The van der Waals surface area contributed by atoms with Gasteiger partial charge in [0.25, 0.3) is 0 Å². The molecule has 0 spiro atoms. The Balaban J connectivity index is 1.46. The van der Waals surface area contributed by atoms with Gasteiger partial charge in [-0.3, -0.25) is 0 Å². The first-order chi connectivity index (χ1) is 12.7. The SMILES string of the molecule is COc1ccc(COC2C(O)OC(COCc3ccccc3)C2O)cc1. The van der Waals surface area contributed by atoms with Crippen molar-refractivity contribution < 1.29 is 29.2 Å².